The fourth-order valence-corrected chi connectivity index (χ4v) is 4.61. The second-order valence-corrected chi connectivity index (χ2v) is 7.32. The summed E-state index contributed by atoms with van der Waals surface area (Å²) in [6, 6.07) is 1.63. The summed E-state index contributed by atoms with van der Waals surface area (Å²) >= 11 is 0. The van der Waals surface area contributed by atoms with Crippen LogP contribution in [-0.4, -0.2) is 43.9 Å². The van der Waals surface area contributed by atoms with Crippen LogP contribution in [0.2, 0.25) is 0 Å². The van der Waals surface area contributed by atoms with Crippen molar-refractivity contribution in [2.45, 2.75) is 24.2 Å². The molecule has 0 aliphatic carbocycles. The molecule has 0 saturated carbocycles. The van der Waals surface area contributed by atoms with Crippen LogP contribution in [-0.2, 0) is 10.0 Å². The summed E-state index contributed by atoms with van der Waals surface area (Å²) in [5.41, 5.74) is 0.217. The van der Waals surface area contributed by atoms with Gasteiger partial charge < -0.3 is 10.3 Å². The van der Waals surface area contributed by atoms with Crippen LogP contribution < -0.4 is 5.32 Å². The van der Waals surface area contributed by atoms with Gasteiger partial charge in [0.25, 0.3) is 0 Å². The average Bonchev–Trinajstić information content (AvgIpc) is 3.00. The Hall–Kier alpha value is -0.850. The van der Waals surface area contributed by atoms with E-state index in [1.807, 2.05) is 0 Å². The largest absolute Gasteiger partial charge is 0.366 e. The van der Waals surface area contributed by atoms with Gasteiger partial charge >= 0.3 is 0 Å². The van der Waals surface area contributed by atoms with Crippen molar-refractivity contribution < 1.29 is 8.42 Å². The Balaban J connectivity index is 1.80. The van der Waals surface area contributed by atoms with Crippen LogP contribution >= 0.6 is 0 Å². The smallest absolute Gasteiger partial charge is 0.244 e. The highest BCUT2D eigenvalue weighted by molar-refractivity contribution is 7.89. The number of aromatic amines is 1. The van der Waals surface area contributed by atoms with Crippen LogP contribution in [0.4, 0.5) is 0 Å². The van der Waals surface area contributed by atoms with Gasteiger partial charge in [-0.15, -0.1) is 0 Å². The zero-order valence-corrected chi connectivity index (χ0v) is 11.2. The first-order chi connectivity index (χ1) is 8.62. The minimum absolute atomic E-state index is 0.217. The Morgan fingerprint density at radius 2 is 2.00 bits per heavy atom. The van der Waals surface area contributed by atoms with Crippen LogP contribution in [0, 0.1) is 5.41 Å². The Morgan fingerprint density at radius 3 is 2.67 bits per heavy atom. The highest BCUT2D eigenvalue weighted by Gasteiger charge is 2.43. The molecule has 0 amide bonds. The van der Waals surface area contributed by atoms with Gasteiger partial charge in [-0.25, -0.2) is 8.42 Å². The number of sulfonamides is 1. The average molecular weight is 269 g/mol. The third kappa shape index (κ3) is 1.98. The SMILES string of the molecule is O=S(=O)(c1cc[nH]c1)N1CCC2(CCNCC2)C1. The maximum Gasteiger partial charge on any atom is 0.244 e. The molecule has 100 valence electrons. The third-order valence-electron chi connectivity index (χ3n) is 4.27. The molecule has 2 N–H and O–H groups in total. The zero-order chi connectivity index (χ0) is 12.6. The molecule has 1 aromatic heterocycles. The molecule has 5 nitrogen and oxygen atoms in total. The van der Waals surface area contributed by atoms with Gasteiger partial charge in [0.05, 0.1) is 4.90 Å². The predicted octanol–water partition coefficient (Wildman–Crippen LogP) is 0.779. The summed E-state index contributed by atoms with van der Waals surface area (Å²) in [6.45, 7) is 3.37. The van der Waals surface area contributed by atoms with Crippen molar-refractivity contribution in [2.24, 2.45) is 5.41 Å². The molecule has 2 fully saturated rings. The minimum atomic E-state index is -3.29. The number of hydrogen-bond acceptors (Lipinski definition) is 3. The van der Waals surface area contributed by atoms with E-state index in [2.05, 4.69) is 10.3 Å². The predicted molar refractivity (Wildman–Crippen MR) is 68.7 cm³/mol. The van der Waals surface area contributed by atoms with E-state index in [4.69, 9.17) is 0 Å². The van der Waals surface area contributed by atoms with Crippen molar-refractivity contribution in [2.75, 3.05) is 26.2 Å². The molecule has 2 aliphatic rings. The highest BCUT2D eigenvalue weighted by Crippen LogP contribution is 2.40. The van der Waals surface area contributed by atoms with Crippen molar-refractivity contribution in [3.8, 4) is 0 Å². The number of hydrogen-bond donors (Lipinski definition) is 2. The molecule has 18 heavy (non-hydrogen) atoms. The summed E-state index contributed by atoms with van der Waals surface area (Å²) in [4.78, 5) is 3.20. The standard InChI is InChI=1S/C12H19N3O2S/c16-18(17,11-1-5-14-9-11)15-8-4-12(10-15)2-6-13-7-3-12/h1,5,9,13-14H,2-4,6-8,10H2. The molecule has 3 heterocycles. The van der Waals surface area contributed by atoms with E-state index in [1.165, 1.54) is 0 Å². The molecule has 0 bridgehead atoms. The van der Waals surface area contributed by atoms with Crippen LogP contribution in [0.5, 0.6) is 0 Å². The highest BCUT2D eigenvalue weighted by atomic mass is 32.2. The molecule has 2 saturated heterocycles. The normalized spacial score (nSPS) is 24.7. The molecule has 0 unspecified atom stereocenters. The van der Waals surface area contributed by atoms with Crippen LogP contribution in [0.25, 0.3) is 0 Å². The minimum Gasteiger partial charge on any atom is -0.366 e. The first-order valence-corrected chi connectivity index (χ1v) is 7.90. The van der Waals surface area contributed by atoms with Gasteiger partial charge in [-0.3, -0.25) is 0 Å². The van der Waals surface area contributed by atoms with Crippen LogP contribution in [0.15, 0.2) is 23.4 Å². The molecule has 0 aromatic carbocycles. The molecule has 1 aromatic rings. The van der Waals surface area contributed by atoms with Crippen molar-refractivity contribution >= 4 is 10.0 Å². The molecule has 0 atom stereocenters. The number of rotatable bonds is 2. The van der Waals surface area contributed by atoms with Gasteiger partial charge in [-0.2, -0.15) is 4.31 Å². The monoisotopic (exact) mass is 269 g/mol. The van der Waals surface area contributed by atoms with Crippen molar-refractivity contribution in [3.05, 3.63) is 18.5 Å². The fraction of sp³-hybridized carbons (Fsp3) is 0.667. The van der Waals surface area contributed by atoms with Crippen molar-refractivity contribution in [3.63, 3.8) is 0 Å². The molecular weight excluding hydrogens is 250 g/mol. The fourth-order valence-electron chi connectivity index (χ4n) is 3.08. The van der Waals surface area contributed by atoms with E-state index in [1.54, 1.807) is 22.8 Å². The second-order valence-electron chi connectivity index (χ2n) is 5.39. The van der Waals surface area contributed by atoms with Crippen molar-refractivity contribution in [1.29, 1.82) is 0 Å². The summed E-state index contributed by atoms with van der Waals surface area (Å²) in [7, 11) is -3.29. The van der Waals surface area contributed by atoms with E-state index in [9.17, 15) is 8.42 Å². The first kappa shape index (κ1) is 12.2. The number of piperidine rings is 1. The van der Waals surface area contributed by atoms with Crippen molar-refractivity contribution in [1.82, 2.24) is 14.6 Å². The lowest BCUT2D eigenvalue weighted by Gasteiger charge is -2.33. The Bertz CT molecular complexity index is 503. The Labute approximate surface area is 108 Å². The quantitative estimate of drug-likeness (QED) is 0.834. The molecule has 1 spiro atoms. The lowest BCUT2D eigenvalue weighted by molar-refractivity contribution is 0.218. The second kappa shape index (κ2) is 4.36. The lowest BCUT2D eigenvalue weighted by Crippen LogP contribution is -2.39. The number of nitrogens with zero attached hydrogens (tertiary/aromatic N) is 1. The van der Waals surface area contributed by atoms with Gasteiger partial charge in [0.2, 0.25) is 10.0 Å². The maximum atomic E-state index is 12.4. The van der Waals surface area contributed by atoms with Gasteiger partial charge in [-0.05, 0) is 43.8 Å². The zero-order valence-electron chi connectivity index (χ0n) is 10.4. The Kier molecular flexibility index (Phi) is 2.96. The van der Waals surface area contributed by atoms with Gasteiger partial charge in [0, 0.05) is 25.5 Å². The van der Waals surface area contributed by atoms with E-state index in [-0.39, 0.29) is 5.41 Å². The Morgan fingerprint density at radius 1 is 1.22 bits per heavy atom. The van der Waals surface area contributed by atoms with E-state index >= 15 is 0 Å². The first-order valence-electron chi connectivity index (χ1n) is 6.46. The molecule has 2 aliphatic heterocycles. The van der Waals surface area contributed by atoms with Gasteiger partial charge in [-0.1, -0.05) is 0 Å². The lowest BCUT2D eigenvalue weighted by atomic mass is 9.78. The molecule has 3 rings (SSSR count). The summed E-state index contributed by atoms with van der Waals surface area (Å²) < 4.78 is 26.5. The molecular formula is C12H19N3O2S. The third-order valence-corrected chi connectivity index (χ3v) is 6.12. The summed E-state index contributed by atoms with van der Waals surface area (Å²) in [5, 5.41) is 3.34. The number of aromatic nitrogens is 1. The van der Waals surface area contributed by atoms with Gasteiger partial charge in [0.15, 0.2) is 0 Å². The number of nitrogens with one attached hydrogen (secondary N) is 2. The summed E-state index contributed by atoms with van der Waals surface area (Å²) in [6.07, 6.45) is 6.39. The maximum absolute atomic E-state index is 12.4. The topological polar surface area (TPSA) is 65.2 Å². The van der Waals surface area contributed by atoms with E-state index in [0.717, 1.165) is 32.4 Å². The van der Waals surface area contributed by atoms with Crippen LogP contribution in [0.1, 0.15) is 19.3 Å². The van der Waals surface area contributed by atoms with Crippen LogP contribution in [0.3, 0.4) is 0 Å². The number of H-pyrrole nitrogens is 1. The van der Waals surface area contributed by atoms with E-state index in [0.29, 0.717) is 18.0 Å². The summed E-state index contributed by atoms with van der Waals surface area (Å²) in [5.74, 6) is 0. The molecule has 0 radical (unpaired) electrons. The molecule has 6 heteroatoms. The van der Waals surface area contributed by atoms with E-state index < -0.39 is 10.0 Å². The van der Waals surface area contributed by atoms with Gasteiger partial charge in [0.1, 0.15) is 0 Å².